The molecule has 1 aromatic rings. The van der Waals surface area contributed by atoms with Crippen molar-refractivity contribution >= 4 is 0 Å². The highest BCUT2D eigenvalue weighted by Crippen LogP contribution is 2.40. The average Bonchev–Trinajstić information content (AvgIpc) is 2.73. The number of hydrogen-bond acceptors (Lipinski definition) is 2. The second-order valence-corrected chi connectivity index (χ2v) is 4.79. The van der Waals surface area contributed by atoms with E-state index in [2.05, 4.69) is 12.0 Å². The first kappa shape index (κ1) is 11.6. The van der Waals surface area contributed by atoms with Gasteiger partial charge in [0.25, 0.3) is 0 Å². The fourth-order valence-corrected chi connectivity index (χ4v) is 2.33. The van der Waals surface area contributed by atoms with Crippen LogP contribution in [0, 0.1) is 0 Å². The molecule has 0 spiro atoms. The average molecular weight is 225 g/mol. The number of nitrogens with zero attached hydrogens (tertiary/aromatic N) is 2. The van der Waals surface area contributed by atoms with Crippen LogP contribution in [-0.2, 0) is 12.2 Å². The zero-order chi connectivity index (χ0) is 11.6. The lowest BCUT2D eigenvalue weighted by atomic mass is 9.80. The molecule has 1 heterocycles. The molecule has 4 heteroatoms. The fraction of sp³-hybridized carbons (Fsp3) is 0.750. The summed E-state index contributed by atoms with van der Waals surface area (Å²) in [6.07, 6.45) is 7.15. The molecule has 0 saturated heterocycles. The van der Waals surface area contributed by atoms with Gasteiger partial charge in [-0.1, -0.05) is 6.92 Å². The van der Waals surface area contributed by atoms with Crippen molar-refractivity contribution in [2.45, 2.75) is 57.3 Å². The van der Waals surface area contributed by atoms with Gasteiger partial charge in [0.05, 0.1) is 6.20 Å². The Morgan fingerprint density at radius 3 is 2.88 bits per heavy atom. The predicted octanol–water partition coefficient (Wildman–Crippen LogP) is 2.36. The van der Waals surface area contributed by atoms with Crippen LogP contribution in [0.4, 0.5) is 4.39 Å². The topological polar surface area (TPSA) is 43.8 Å². The van der Waals surface area contributed by atoms with Gasteiger partial charge in [-0.15, -0.1) is 0 Å². The Kier molecular flexibility index (Phi) is 3.28. The molecule has 1 saturated carbocycles. The van der Waals surface area contributed by atoms with Crippen LogP contribution < -0.4 is 5.73 Å². The summed E-state index contributed by atoms with van der Waals surface area (Å²) in [6, 6.07) is 0.176. The van der Waals surface area contributed by atoms with Gasteiger partial charge in [0.2, 0.25) is 0 Å². The van der Waals surface area contributed by atoms with Crippen LogP contribution in [0.15, 0.2) is 12.4 Å². The van der Waals surface area contributed by atoms with Crippen LogP contribution in [-0.4, -0.2) is 15.8 Å². The van der Waals surface area contributed by atoms with Crippen LogP contribution in [0.25, 0.3) is 0 Å². The summed E-state index contributed by atoms with van der Waals surface area (Å²) in [7, 11) is 0. The number of aromatic nitrogens is 2. The second kappa shape index (κ2) is 4.53. The van der Waals surface area contributed by atoms with E-state index < -0.39 is 5.67 Å². The quantitative estimate of drug-likeness (QED) is 0.858. The Balaban J connectivity index is 2.09. The van der Waals surface area contributed by atoms with Gasteiger partial charge in [0.15, 0.2) is 0 Å². The molecule has 2 N–H and O–H groups in total. The normalized spacial score (nSPS) is 30.6. The first-order valence-electron chi connectivity index (χ1n) is 6.11. The van der Waals surface area contributed by atoms with Crippen LogP contribution in [0.1, 0.15) is 44.6 Å². The Hall–Kier alpha value is -0.900. The van der Waals surface area contributed by atoms with Crippen molar-refractivity contribution in [3.05, 3.63) is 18.0 Å². The number of aryl methyl sites for hydroxylation is 1. The summed E-state index contributed by atoms with van der Waals surface area (Å²) in [6.45, 7) is 2.95. The Labute approximate surface area is 95.8 Å². The van der Waals surface area contributed by atoms with Crippen molar-refractivity contribution in [3.63, 3.8) is 0 Å². The molecule has 0 unspecified atom stereocenters. The van der Waals surface area contributed by atoms with Crippen LogP contribution in [0.3, 0.4) is 0 Å². The standard InChI is InChI=1S/C12H20FN3/c1-2-7-16-9-10(8-15-16)12(13)5-3-11(14)4-6-12/h8-9,11H,2-7,14H2,1H3. The van der Waals surface area contributed by atoms with Gasteiger partial charge in [-0.25, -0.2) is 4.39 Å². The lowest BCUT2D eigenvalue weighted by Gasteiger charge is -2.31. The minimum Gasteiger partial charge on any atom is -0.328 e. The van der Waals surface area contributed by atoms with E-state index in [0.29, 0.717) is 12.8 Å². The molecule has 2 rings (SSSR count). The van der Waals surface area contributed by atoms with Crippen molar-refractivity contribution in [2.75, 3.05) is 0 Å². The number of halogens is 1. The Morgan fingerprint density at radius 1 is 1.56 bits per heavy atom. The van der Waals surface area contributed by atoms with Gasteiger partial charge >= 0.3 is 0 Å². The summed E-state index contributed by atoms with van der Waals surface area (Å²) in [5.41, 5.74) is 5.34. The molecule has 1 fully saturated rings. The van der Waals surface area contributed by atoms with Gasteiger partial charge in [0, 0.05) is 24.3 Å². The van der Waals surface area contributed by atoms with E-state index in [1.165, 1.54) is 0 Å². The largest absolute Gasteiger partial charge is 0.328 e. The van der Waals surface area contributed by atoms with E-state index in [4.69, 9.17) is 5.73 Å². The summed E-state index contributed by atoms with van der Waals surface area (Å²) in [5, 5.41) is 4.19. The summed E-state index contributed by atoms with van der Waals surface area (Å²) < 4.78 is 16.4. The van der Waals surface area contributed by atoms with Crippen LogP contribution in [0.5, 0.6) is 0 Å². The highest BCUT2D eigenvalue weighted by Gasteiger charge is 2.36. The van der Waals surface area contributed by atoms with Crippen molar-refractivity contribution in [1.29, 1.82) is 0 Å². The molecule has 1 aliphatic carbocycles. The number of nitrogens with two attached hydrogens (primary N) is 1. The maximum absolute atomic E-state index is 14.6. The monoisotopic (exact) mass is 225 g/mol. The van der Waals surface area contributed by atoms with Crippen LogP contribution >= 0.6 is 0 Å². The molecule has 0 radical (unpaired) electrons. The minimum atomic E-state index is -1.19. The summed E-state index contributed by atoms with van der Waals surface area (Å²) in [4.78, 5) is 0. The van der Waals surface area contributed by atoms with Gasteiger partial charge in [-0.05, 0) is 32.1 Å². The number of rotatable bonds is 3. The number of hydrogen-bond donors (Lipinski definition) is 1. The molecule has 1 aromatic heterocycles. The molecular formula is C12H20FN3. The van der Waals surface area contributed by atoms with Crippen LogP contribution in [0.2, 0.25) is 0 Å². The Morgan fingerprint density at radius 2 is 2.25 bits per heavy atom. The van der Waals surface area contributed by atoms with Crippen molar-refractivity contribution in [3.8, 4) is 0 Å². The van der Waals surface area contributed by atoms with E-state index >= 15 is 0 Å². The maximum Gasteiger partial charge on any atom is 0.139 e. The molecule has 3 nitrogen and oxygen atoms in total. The maximum atomic E-state index is 14.6. The van der Waals surface area contributed by atoms with E-state index in [-0.39, 0.29) is 6.04 Å². The highest BCUT2D eigenvalue weighted by molar-refractivity contribution is 5.16. The molecule has 90 valence electrons. The first-order chi connectivity index (χ1) is 7.64. The predicted molar refractivity (Wildman–Crippen MR) is 61.7 cm³/mol. The lowest BCUT2D eigenvalue weighted by Crippen LogP contribution is -2.33. The SMILES string of the molecule is CCCn1cc(C2(F)CCC(N)CC2)cn1. The second-order valence-electron chi connectivity index (χ2n) is 4.79. The van der Waals surface area contributed by atoms with Gasteiger partial charge in [-0.2, -0.15) is 5.10 Å². The fourth-order valence-electron chi connectivity index (χ4n) is 2.33. The summed E-state index contributed by atoms with van der Waals surface area (Å²) in [5.74, 6) is 0. The lowest BCUT2D eigenvalue weighted by molar-refractivity contribution is 0.0978. The van der Waals surface area contributed by atoms with Crippen molar-refractivity contribution < 1.29 is 4.39 Å². The molecule has 16 heavy (non-hydrogen) atoms. The highest BCUT2D eigenvalue weighted by atomic mass is 19.1. The van der Waals surface area contributed by atoms with Gasteiger partial charge in [-0.3, -0.25) is 4.68 Å². The minimum absolute atomic E-state index is 0.176. The molecular weight excluding hydrogens is 205 g/mol. The molecule has 0 bridgehead atoms. The van der Waals surface area contributed by atoms with E-state index in [1.807, 2.05) is 10.9 Å². The zero-order valence-corrected chi connectivity index (χ0v) is 9.82. The van der Waals surface area contributed by atoms with E-state index in [1.54, 1.807) is 6.20 Å². The van der Waals surface area contributed by atoms with Crippen molar-refractivity contribution in [1.82, 2.24) is 9.78 Å². The molecule has 0 aliphatic heterocycles. The third-order valence-corrected chi connectivity index (χ3v) is 3.43. The van der Waals surface area contributed by atoms with Gasteiger partial charge in [0.1, 0.15) is 5.67 Å². The van der Waals surface area contributed by atoms with E-state index in [0.717, 1.165) is 31.4 Å². The first-order valence-corrected chi connectivity index (χ1v) is 6.11. The number of alkyl halides is 1. The van der Waals surface area contributed by atoms with Crippen molar-refractivity contribution in [2.24, 2.45) is 5.73 Å². The molecule has 0 aromatic carbocycles. The summed E-state index contributed by atoms with van der Waals surface area (Å²) >= 11 is 0. The molecule has 0 amide bonds. The van der Waals surface area contributed by atoms with E-state index in [9.17, 15) is 4.39 Å². The zero-order valence-electron chi connectivity index (χ0n) is 9.82. The Bertz CT molecular complexity index is 340. The van der Waals surface area contributed by atoms with Gasteiger partial charge < -0.3 is 5.73 Å². The smallest absolute Gasteiger partial charge is 0.139 e. The molecule has 1 aliphatic rings. The third kappa shape index (κ3) is 2.26. The molecule has 0 atom stereocenters. The third-order valence-electron chi connectivity index (χ3n) is 3.43.